The van der Waals surface area contributed by atoms with Crippen molar-refractivity contribution in [2.24, 2.45) is 0 Å². The first-order valence-corrected chi connectivity index (χ1v) is 25.4. The van der Waals surface area contributed by atoms with Gasteiger partial charge in [-0.05, 0) is 89.9 Å². The Kier molecular flexibility index (Phi) is 49.0. The van der Waals surface area contributed by atoms with Gasteiger partial charge in [-0.25, -0.2) is 0 Å². The molecule has 0 aromatic heterocycles. The molecule has 0 heterocycles. The minimum absolute atomic E-state index is 0.0435. The zero-order valence-corrected chi connectivity index (χ0v) is 40.3. The molecule has 0 N–H and O–H groups in total. The standard InChI is InChI=1S/C57H94O5/c1-4-7-10-13-16-19-22-24-26-28-29-30-31-33-36-38-41-44-47-50-56(58)61-54-55(62-57(59)51-48-45-42-39-35-21-18-15-12-9-6-3)53-60-52-49-46-43-40-37-34-32-27-25-23-20-17-14-11-8-5-2/h7-8,10-11,16-17,19-20,24-27,29-30,34,37,43,46,55H,4-6,9,12-15,18,21-23,28,31-33,35-36,38-42,44-45,47-54H2,1-3H3/b10-7-,11-8-,19-16-,20-17-,26-24-,27-25-,30-29-,37-34-,46-43-. The third kappa shape index (κ3) is 49.2. The highest BCUT2D eigenvalue weighted by Gasteiger charge is 2.17. The minimum Gasteiger partial charge on any atom is -0.462 e. The third-order valence-electron chi connectivity index (χ3n) is 10.3. The van der Waals surface area contributed by atoms with Crippen LogP contribution in [0, 0.1) is 0 Å². The van der Waals surface area contributed by atoms with E-state index in [0.29, 0.717) is 19.4 Å². The summed E-state index contributed by atoms with van der Waals surface area (Å²) < 4.78 is 17.3. The topological polar surface area (TPSA) is 61.8 Å². The van der Waals surface area contributed by atoms with E-state index in [2.05, 4.69) is 130 Å². The molecule has 1 unspecified atom stereocenters. The Bertz CT molecular complexity index is 1250. The van der Waals surface area contributed by atoms with Crippen molar-refractivity contribution in [2.75, 3.05) is 19.8 Å². The van der Waals surface area contributed by atoms with Crippen molar-refractivity contribution in [3.63, 3.8) is 0 Å². The van der Waals surface area contributed by atoms with Gasteiger partial charge in [0, 0.05) is 12.8 Å². The zero-order valence-electron chi connectivity index (χ0n) is 40.3. The summed E-state index contributed by atoms with van der Waals surface area (Å²) in [5.74, 6) is -0.458. The van der Waals surface area contributed by atoms with Crippen LogP contribution in [0.15, 0.2) is 109 Å². The van der Waals surface area contributed by atoms with Crippen LogP contribution >= 0.6 is 0 Å². The second kappa shape index (κ2) is 51.9. The van der Waals surface area contributed by atoms with Crippen molar-refractivity contribution in [1.29, 1.82) is 0 Å². The number of esters is 2. The molecule has 0 aromatic rings. The SMILES string of the molecule is CC/C=C\C/C=C\C/C=C\C/C=C\C/C=C\CCOCC(COC(=O)CCCCCCCC/C=C\C/C=C\C/C=C\C/C=C\CC)OC(=O)CCCCCCCCCCCCC. The van der Waals surface area contributed by atoms with Crippen molar-refractivity contribution < 1.29 is 23.8 Å². The zero-order chi connectivity index (χ0) is 44.9. The summed E-state index contributed by atoms with van der Waals surface area (Å²) in [6.45, 7) is 7.36. The highest BCUT2D eigenvalue weighted by Crippen LogP contribution is 2.14. The van der Waals surface area contributed by atoms with Gasteiger partial charge >= 0.3 is 11.9 Å². The first kappa shape index (κ1) is 58.6. The first-order valence-electron chi connectivity index (χ1n) is 25.4. The lowest BCUT2D eigenvalue weighted by atomic mass is 10.1. The monoisotopic (exact) mass is 859 g/mol. The third-order valence-corrected chi connectivity index (χ3v) is 10.3. The molecule has 0 saturated carbocycles. The predicted molar refractivity (Wildman–Crippen MR) is 269 cm³/mol. The number of allylic oxidation sites excluding steroid dienone is 17. The minimum atomic E-state index is -0.585. The molecule has 0 aliphatic carbocycles. The maximum Gasteiger partial charge on any atom is 0.306 e. The van der Waals surface area contributed by atoms with E-state index in [1.54, 1.807) is 0 Å². The number of hydrogen-bond acceptors (Lipinski definition) is 5. The number of ether oxygens (including phenoxy) is 3. The van der Waals surface area contributed by atoms with Crippen LogP contribution in [-0.2, 0) is 23.8 Å². The molecule has 5 heteroatoms. The number of carbonyl (C=O) groups is 2. The van der Waals surface area contributed by atoms with E-state index in [1.807, 2.05) is 0 Å². The fraction of sp³-hybridized carbons (Fsp3) is 0.649. The van der Waals surface area contributed by atoms with Gasteiger partial charge in [-0.3, -0.25) is 9.59 Å². The highest BCUT2D eigenvalue weighted by atomic mass is 16.6. The van der Waals surface area contributed by atoms with Gasteiger partial charge in [0.05, 0.1) is 13.2 Å². The van der Waals surface area contributed by atoms with Crippen molar-refractivity contribution in [3.8, 4) is 0 Å². The summed E-state index contributed by atoms with van der Waals surface area (Å²) in [5, 5.41) is 0. The van der Waals surface area contributed by atoms with Gasteiger partial charge in [-0.15, -0.1) is 0 Å². The van der Waals surface area contributed by atoms with Crippen molar-refractivity contribution >= 4 is 11.9 Å². The van der Waals surface area contributed by atoms with Crippen LogP contribution in [0.3, 0.4) is 0 Å². The van der Waals surface area contributed by atoms with Crippen LogP contribution in [0.25, 0.3) is 0 Å². The molecule has 0 aliphatic heterocycles. The second-order valence-corrected chi connectivity index (χ2v) is 16.3. The summed E-state index contributed by atoms with van der Waals surface area (Å²) in [6, 6.07) is 0. The van der Waals surface area contributed by atoms with Crippen molar-refractivity contribution in [2.45, 2.75) is 219 Å². The van der Waals surface area contributed by atoms with E-state index < -0.39 is 6.10 Å². The highest BCUT2D eigenvalue weighted by molar-refractivity contribution is 5.70. The fourth-order valence-electron chi connectivity index (χ4n) is 6.62. The summed E-state index contributed by atoms with van der Waals surface area (Å²) in [7, 11) is 0. The Morgan fingerprint density at radius 2 is 0.726 bits per heavy atom. The van der Waals surface area contributed by atoms with Crippen molar-refractivity contribution in [3.05, 3.63) is 109 Å². The molecule has 5 nitrogen and oxygen atoms in total. The normalized spacial score (nSPS) is 13.1. The van der Waals surface area contributed by atoms with E-state index >= 15 is 0 Å². The summed E-state index contributed by atoms with van der Waals surface area (Å²) in [4.78, 5) is 25.4. The van der Waals surface area contributed by atoms with Crippen molar-refractivity contribution in [1.82, 2.24) is 0 Å². The average molecular weight is 859 g/mol. The summed E-state index contributed by atoms with van der Waals surface area (Å²) in [5.41, 5.74) is 0. The lowest BCUT2D eigenvalue weighted by Crippen LogP contribution is -2.30. The van der Waals surface area contributed by atoms with Gasteiger partial charge in [-0.2, -0.15) is 0 Å². The average Bonchev–Trinajstić information content (AvgIpc) is 3.27. The Labute approximate surface area is 383 Å². The molecule has 0 saturated heterocycles. The van der Waals surface area contributed by atoms with Crippen LogP contribution in [0.1, 0.15) is 213 Å². The van der Waals surface area contributed by atoms with Gasteiger partial charge in [0.25, 0.3) is 0 Å². The second-order valence-electron chi connectivity index (χ2n) is 16.3. The molecule has 0 amide bonds. The lowest BCUT2D eigenvalue weighted by Gasteiger charge is -2.18. The Balaban J connectivity index is 4.38. The molecular weight excluding hydrogens is 765 g/mol. The molecule has 0 spiro atoms. The van der Waals surface area contributed by atoms with E-state index in [0.717, 1.165) is 109 Å². The van der Waals surface area contributed by atoms with Gasteiger partial charge in [0.2, 0.25) is 0 Å². The lowest BCUT2D eigenvalue weighted by molar-refractivity contribution is -0.162. The molecule has 0 fully saturated rings. The molecule has 62 heavy (non-hydrogen) atoms. The van der Waals surface area contributed by atoms with E-state index in [4.69, 9.17) is 14.2 Å². The quantitative estimate of drug-likeness (QED) is 0.0347. The van der Waals surface area contributed by atoms with Gasteiger partial charge < -0.3 is 14.2 Å². The van der Waals surface area contributed by atoms with Crippen LogP contribution in [-0.4, -0.2) is 37.9 Å². The molecule has 0 rings (SSSR count). The Morgan fingerprint density at radius 1 is 0.371 bits per heavy atom. The predicted octanol–water partition coefficient (Wildman–Crippen LogP) is 17.2. The molecule has 1 atom stereocenters. The van der Waals surface area contributed by atoms with Crippen LogP contribution in [0.4, 0.5) is 0 Å². The largest absolute Gasteiger partial charge is 0.462 e. The van der Waals surface area contributed by atoms with Crippen LogP contribution in [0.2, 0.25) is 0 Å². The molecule has 352 valence electrons. The number of rotatable bonds is 45. The molecule has 0 aliphatic rings. The van der Waals surface area contributed by atoms with Gasteiger partial charge in [0.15, 0.2) is 6.10 Å². The number of unbranched alkanes of at least 4 members (excludes halogenated alkanes) is 16. The first-order chi connectivity index (χ1) is 30.6. The van der Waals surface area contributed by atoms with Gasteiger partial charge in [0.1, 0.15) is 6.61 Å². The molecule has 0 aromatic carbocycles. The maximum absolute atomic E-state index is 12.8. The van der Waals surface area contributed by atoms with Crippen LogP contribution in [0.5, 0.6) is 0 Å². The van der Waals surface area contributed by atoms with Gasteiger partial charge in [-0.1, -0.05) is 220 Å². The Hall–Kier alpha value is -3.44. The van der Waals surface area contributed by atoms with Crippen LogP contribution < -0.4 is 0 Å². The smallest absolute Gasteiger partial charge is 0.306 e. The molecular formula is C57H94O5. The molecule has 0 radical (unpaired) electrons. The molecule has 0 bridgehead atoms. The summed E-state index contributed by atoms with van der Waals surface area (Å²) in [6.07, 6.45) is 71.1. The van der Waals surface area contributed by atoms with E-state index in [1.165, 1.54) is 70.6 Å². The van der Waals surface area contributed by atoms with E-state index in [-0.39, 0.29) is 25.2 Å². The number of carbonyl (C=O) groups excluding carboxylic acids is 2. The Morgan fingerprint density at radius 3 is 1.16 bits per heavy atom. The number of hydrogen-bond donors (Lipinski definition) is 0. The van der Waals surface area contributed by atoms with E-state index in [9.17, 15) is 9.59 Å². The summed E-state index contributed by atoms with van der Waals surface area (Å²) >= 11 is 0. The maximum atomic E-state index is 12.8. The fourth-order valence-corrected chi connectivity index (χ4v) is 6.62.